The number of aromatic amines is 2. The Morgan fingerprint density at radius 3 is 2.54 bits per heavy atom. The SMILES string of the molecule is Oc1c(-c2nc3ccc(OC(F)(F)F)cc3[nH]2)n[nH]c1-c1ccccc1. The Kier molecular flexibility index (Phi) is 3.57. The minimum Gasteiger partial charge on any atom is -0.504 e. The number of alkyl halides is 3. The standard InChI is InChI=1S/C17H11F3N4O2/c18-17(19,20)26-10-6-7-11-12(8-10)22-16(21-11)14-15(25)13(23-24-14)9-4-2-1-3-5-9/h1-8,25H,(H,21,22)(H,23,24). The third-order valence-electron chi connectivity index (χ3n) is 3.71. The highest BCUT2D eigenvalue weighted by atomic mass is 19.4. The zero-order valence-corrected chi connectivity index (χ0v) is 13.0. The number of hydrogen-bond donors (Lipinski definition) is 3. The van der Waals surface area contributed by atoms with E-state index < -0.39 is 6.36 Å². The quantitative estimate of drug-likeness (QED) is 0.510. The van der Waals surface area contributed by atoms with Crippen molar-refractivity contribution in [1.29, 1.82) is 0 Å². The molecule has 132 valence electrons. The van der Waals surface area contributed by atoms with E-state index in [1.54, 1.807) is 12.1 Å². The molecule has 0 aliphatic carbocycles. The molecule has 4 rings (SSSR count). The molecule has 0 unspecified atom stereocenters. The summed E-state index contributed by atoms with van der Waals surface area (Å²) in [7, 11) is 0. The number of rotatable bonds is 3. The highest BCUT2D eigenvalue weighted by Crippen LogP contribution is 2.35. The van der Waals surface area contributed by atoms with Gasteiger partial charge in [0, 0.05) is 11.6 Å². The van der Waals surface area contributed by atoms with Crippen molar-refractivity contribution in [2.75, 3.05) is 0 Å². The fraction of sp³-hybridized carbons (Fsp3) is 0.0588. The molecule has 0 spiro atoms. The first-order chi connectivity index (χ1) is 12.4. The number of nitrogens with zero attached hydrogens (tertiary/aromatic N) is 2. The molecule has 0 aliphatic heterocycles. The predicted octanol–water partition coefficient (Wildman–Crippen LogP) is 4.22. The van der Waals surface area contributed by atoms with Crippen LogP contribution in [-0.2, 0) is 0 Å². The molecule has 4 aromatic rings. The maximum absolute atomic E-state index is 12.3. The summed E-state index contributed by atoms with van der Waals surface area (Å²) >= 11 is 0. The summed E-state index contributed by atoms with van der Waals surface area (Å²) in [6.07, 6.45) is -4.78. The lowest BCUT2D eigenvalue weighted by atomic mass is 10.1. The fourth-order valence-electron chi connectivity index (χ4n) is 2.61. The third kappa shape index (κ3) is 2.94. The summed E-state index contributed by atoms with van der Waals surface area (Å²) in [4.78, 5) is 7.10. The van der Waals surface area contributed by atoms with Crippen LogP contribution in [0.3, 0.4) is 0 Å². The van der Waals surface area contributed by atoms with Gasteiger partial charge >= 0.3 is 6.36 Å². The number of hydrogen-bond acceptors (Lipinski definition) is 4. The lowest BCUT2D eigenvalue weighted by molar-refractivity contribution is -0.274. The molecule has 2 aromatic carbocycles. The van der Waals surface area contributed by atoms with Crippen LogP contribution in [0.1, 0.15) is 0 Å². The van der Waals surface area contributed by atoms with Crippen LogP contribution < -0.4 is 4.74 Å². The van der Waals surface area contributed by atoms with Crippen LogP contribution in [0.15, 0.2) is 48.5 Å². The maximum Gasteiger partial charge on any atom is 0.573 e. The van der Waals surface area contributed by atoms with E-state index in [1.807, 2.05) is 18.2 Å². The molecule has 9 heteroatoms. The van der Waals surface area contributed by atoms with Crippen molar-refractivity contribution in [3.8, 4) is 34.3 Å². The summed E-state index contributed by atoms with van der Waals surface area (Å²) in [5, 5.41) is 17.2. The Morgan fingerprint density at radius 1 is 1.04 bits per heavy atom. The number of halogens is 3. The van der Waals surface area contributed by atoms with Crippen LogP contribution in [0.25, 0.3) is 33.8 Å². The summed E-state index contributed by atoms with van der Waals surface area (Å²) in [5.74, 6) is -0.251. The van der Waals surface area contributed by atoms with Gasteiger partial charge in [-0.25, -0.2) is 4.98 Å². The second-order valence-corrected chi connectivity index (χ2v) is 5.47. The van der Waals surface area contributed by atoms with E-state index in [9.17, 15) is 18.3 Å². The van der Waals surface area contributed by atoms with Gasteiger partial charge in [-0.2, -0.15) is 5.10 Å². The average molecular weight is 360 g/mol. The monoisotopic (exact) mass is 360 g/mol. The van der Waals surface area contributed by atoms with E-state index >= 15 is 0 Å². The number of H-pyrrole nitrogens is 2. The van der Waals surface area contributed by atoms with Crippen molar-refractivity contribution in [2.45, 2.75) is 6.36 Å². The lowest BCUT2D eigenvalue weighted by Crippen LogP contribution is -2.16. The molecule has 0 aliphatic rings. The van der Waals surface area contributed by atoms with Gasteiger partial charge < -0.3 is 14.8 Å². The van der Waals surface area contributed by atoms with Crippen molar-refractivity contribution in [3.63, 3.8) is 0 Å². The number of ether oxygens (including phenoxy) is 1. The van der Waals surface area contributed by atoms with E-state index in [1.165, 1.54) is 18.2 Å². The second kappa shape index (κ2) is 5.80. The molecule has 0 radical (unpaired) electrons. The van der Waals surface area contributed by atoms with Gasteiger partial charge in [-0.15, -0.1) is 13.2 Å². The summed E-state index contributed by atoms with van der Waals surface area (Å²) in [5.41, 5.74) is 2.06. The van der Waals surface area contributed by atoms with Crippen molar-refractivity contribution in [2.24, 2.45) is 0 Å². The Balaban J connectivity index is 1.72. The molecule has 0 bridgehead atoms. The predicted molar refractivity (Wildman–Crippen MR) is 87.5 cm³/mol. The molecule has 0 fully saturated rings. The maximum atomic E-state index is 12.3. The van der Waals surface area contributed by atoms with E-state index in [-0.39, 0.29) is 23.0 Å². The van der Waals surface area contributed by atoms with Gasteiger partial charge in [0.25, 0.3) is 0 Å². The van der Waals surface area contributed by atoms with Crippen LogP contribution in [0.4, 0.5) is 13.2 Å². The van der Waals surface area contributed by atoms with Crippen LogP contribution >= 0.6 is 0 Å². The minimum absolute atomic E-state index is 0.109. The Hall–Kier alpha value is -3.49. The van der Waals surface area contributed by atoms with Crippen molar-refractivity contribution in [1.82, 2.24) is 20.2 Å². The van der Waals surface area contributed by atoms with E-state index in [2.05, 4.69) is 24.9 Å². The Labute approximate surface area is 144 Å². The highest BCUT2D eigenvalue weighted by Gasteiger charge is 2.31. The number of fused-ring (bicyclic) bond motifs is 1. The molecule has 0 saturated heterocycles. The first-order valence-corrected chi connectivity index (χ1v) is 7.49. The lowest BCUT2D eigenvalue weighted by Gasteiger charge is -2.07. The molecular weight excluding hydrogens is 349 g/mol. The number of nitrogens with one attached hydrogen (secondary N) is 2. The van der Waals surface area contributed by atoms with Crippen LogP contribution in [-0.4, -0.2) is 31.6 Å². The molecule has 0 saturated carbocycles. The zero-order chi connectivity index (χ0) is 18.3. The van der Waals surface area contributed by atoms with E-state index in [4.69, 9.17) is 0 Å². The number of aromatic hydroxyl groups is 1. The molecular formula is C17H11F3N4O2. The molecule has 26 heavy (non-hydrogen) atoms. The van der Waals surface area contributed by atoms with Gasteiger partial charge in [0.1, 0.15) is 11.4 Å². The first kappa shape index (κ1) is 16.0. The van der Waals surface area contributed by atoms with Crippen molar-refractivity contribution in [3.05, 3.63) is 48.5 Å². The third-order valence-corrected chi connectivity index (χ3v) is 3.71. The number of benzene rings is 2. The highest BCUT2D eigenvalue weighted by molar-refractivity contribution is 5.83. The molecule has 0 atom stereocenters. The van der Waals surface area contributed by atoms with Gasteiger partial charge in [-0.3, -0.25) is 5.10 Å². The largest absolute Gasteiger partial charge is 0.573 e. The summed E-state index contributed by atoms with van der Waals surface area (Å²) < 4.78 is 40.9. The zero-order valence-electron chi connectivity index (χ0n) is 13.0. The normalized spacial score (nSPS) is 11.8. The fourth-order valence-corrected chi connectivity index (χ4v) is 2.61. The van der Waals surface area contributed by atoms with Crippen LogP contribution in [0.5, 0.6) is 11.5 Å². The first-order valence-electron chi connectivity index (χ1n) is 7.49. The Bertz CT molecular complexity index is 1070. The smallest absolute Gasteiger partial charge is 0.504 e. The topological polar surface area (TPSA) is 86.8 Å². The number of imidazole rings is 1. The molecule has 3 N–H and O–H groups in total. The second-order valence-electron chi connectivity index (χ2n) is 5.47. The van der Waals surface area contributed by atoms with E-state index in [0.717, 1.165) is 5.56 Å². The molecule has 6 nitrogen and oxygen atoms in total. The van der Waals surface area contributed by atoms with Crippen LogP contribution in [0, 0.1) is 0 Å². The molecule has 2 aromatic heterocycles. The van der Waals surface area contributed by atoms with Gasteiger partial charge in [0.15, 0.2) is 17.3 Å². The van der Waals surface area contributed by atoms with Crippen molar-refractivity contribution < 1.29 is 23.0 Å². The average Bonchev–Trinajstić information content (AvgIpc) is 3.17. The number of aromatic nitrogens is 4. The van der Waals surface area contributed by atoms with Gasteiger partial charge in [0.2, 0.25) is 0 Å². The Morgan fingerprint density at radius 2 is 1.81 bits per heavy atom. The molecule has 0 amide bonds. The molecule has 2 heterocycles. The summed E-state index contributed by atoms with van der Waals surface area (Å²) in [6.45, 7) is 0. The van der Waals surface area contributed by atoms with Crippen LogP contribution in [0.2, 0.25) is 0 Å². The van der Waals surface area contributed by atoms with Gasteiger partial charge in [-0.1, -0.05) is 30.3 Å². The minimum atomic E-state index is -4.78. The van der Waals surface area contributed by atoms with Gasteiger partial charge in [0.05, 0.1) is 11.0 Å². The van der Waals surface area contributed by atoms with Crippen molar-refractivity contribution >= 4 is 11.0 Å². The van der Waals surface area contributed by atoms with E-state index in [0.29, 0.717) is 16.7 Å². The van der Waals surface area contributed by atoms with Gasteiger partial charge in [-0.05, 0) is 12.1 Å². The summed E-state index contributed by atoms with van der Waals surface area (Å²) in [6, 6.07) is 12.8.